The Labute approximate surface area is 148 Å². The van der Waals surface area contributed by atoms with Crippen molar-refractivity contribution in [2.45, 2.75) is 19.1 Å². The summed E-state index contributed by atoms with van der Waals surface area (Å²) in [5.41, 5.74) is 4.73. The van der Waals surface area contributed by atoms with Crippen LogP contribution in [-0.4, -0.2) is 25.4 Å². The topological polar surface area (TPSA) is 90.4 Å². The highest BCUT2D eigenvalue weighted by molar-refractivity contribution is 7.78. The van der Waals surface area contributed by atoms with Gasteiger partial charge in [-0.1, -0.05) is 19.1 Å². The van der Waals surface area contributed by atoms with Crippen LogP contribution in [0.3, 0.4) is 0 Å². The lowest BCUT2D eigenvalue weighted by Gasteiger charge is -2.16. The quantitative estimate of drug-likeness (QED) is 0.687. The second-order valence-electron chi connectivity index (χ2n) is 5.59. The highest BCUT2D eigenvalue weighted by Gasteiger charge is 2.19. The second-order valence-corrected chi connectivity index (χ2v) is 6.52. The molecule has 0 amide bonds. The number of aryl methyl sites for hydroxylation is 1. The maximum Gasteiger partial charge on any atom is 0.157 e. The van der Waals surface area contributed by atoms with Crippen molar-refractivity contribution in [3.63, 3.8) is 0 Å². The third-order valence-electron chi connectivity index (χ3n) is 4.12. The van der Waals surface area contributed by atoms with E-state index in [1.165, 1.54) is 0 Å². The molecule has 1 unspecified atom stereocenters. The van der Waals surface area contributed by atoms with E-state index in [2.05, 4.69) is 23.4 Å². The lowest BCUT2D eigenvalue weighted by molar-refractivity contribution is 0.563. The van der Waals surface area contributed by atoms with Crippen molar-refractivity contribution >= 4 is 22.4 Å². The van der Waals surface area contributed by atoms with Crippen LogP contribution in [0.2, 0.25) is 0 Å². The molecule has 3 rings (SSSR count). The van der Waals surface area contributed by atoms with Crippen molar-refractivity contribution in [1.29, 1.82) is 5.26 Å². The molecule has 0 bridgehead atoms. The van der Waals surface area contributed by atoms with Gasteiger partial charge in [-0.05, 0) is 36.2 Å². The molecule has 2 aromatic heterocycles. The van der Waals surface area contributed by atoms with Gasteiger partial charge in [0.2, 0.25) is 0 Å². The summed E-state index contributed by atoms with van der Waals surface area (Å²) in [5.74, 6) is 0.511. The molecule has 0 radical (unpaired) electrons. The molecule has 2 N–H and O–H groups in total. The molecule has 7 heteroatoms. The van der Waals surface area contributed by atoms with Gasteiger partial charge in [0.05, 0.1) is 22.9 Å². The number of anilines is 1. The largest absolute Gasteiger partial charge is 0.371 e. The van der Waals surface area contributed by atoms with E-state index in [-0.39, 0.29) is 5.75 Å². The SMILES string of the molecule is CCc1ccc2c(-c3cccc(C#N)c3)c(CS(=O)O)c(NC)nn12. The van der Waals surface area contributed by atoms with Crippen LogP contribution < -0.4 is 5.32 Å². The van der Waals surface area contributed by atoms with Crippen molar-refractivity contribution in [2.75, 3.05) is 12.4 Å². The first kappa shape index (κ1) is 17.1. The molecule has 25 heavy (non-hydrogen) atoms. The van der Waals surface area contributed by atoms with Gasteiger partial charge < -0.3 is 9.87 Å². The number of nitriles is 1. The zero-order chi connectivity index (χ0) is 18.0. The fraction of sp³-hybridized carbons (Fsp3) is 0.222. The van der Waals surface area contributed by atoms with Crippen molar-refractivity contribution in [2.24, 2.45) is 0 Å². The molecule has 1 atom stereocenters. The fourth-order valence-electron chi connectivity index (χ4n) is 3.01. The summed E-state index contributed by atoms with van der Waals surface area (Å²) in [6, 6.07) is 13.3. The number of nitrogens with zero attached hydrogens (tertiary/aromatic N) is 3. The first-order valence-electron chi connectivity index (χ1n) is 7.88. The molecule has 128 valence electrons. The van der Waals surface area contributed by atoms with Gasteiger partial charge in [0.15, 0.2) is 16.9 Å². The van der Waals surface area contributed by atoms with E-state index in [1.807, 2.05) is 28.8 Å². The number of hydrogen-bond acceptors (Lipinski definition) is 4. The van der Waals surface area contributed by atoms with Gasteiger partial charge in [-0.25, -0.2) is 8.72 Å². The van der Waals surface area contributed by atoms with E-state index in [0.717, 1.165) is 28.8 Å². The summed E-state index contributed by atoms with van der Waals surface area (Å²) in [5, 5.41) is 16.8. The molecule has 3 aromatic rings. The highest BCUT2D eigenvalue weighted by Crippen LogP contribution is 2.34. The number of fused-ring (bicyclic) bond motifs is 1. The Kier molecular flexibility index (Phi) is 4.83. The predicted molar refractivity (Wildman–Crippen MR) is 98.7 cm³/mol. The maximum atomic E-state index is 11.5. The minimum Gasteiger partial charge on any atom is -0.371 e. The van der Waals surface area contributed by atoms with E-state index < -0.39 is 11.1 Å². The van der Waals surface area contributed by atoms with Crippen LogP contribution in [0.15, 0.2) is 36.4 Å². The van der Waals surface area contributed by atoms with Gasteiger partial charge in [0, 0.05) is 23.9 Å². The van der Waals surface area contributed by atoms with E-state index in [4.69, 9.17) is 0 Å². The van der Waals surface area contributed by atoms with E-state index in [9.17, 15) is 14.0 Å². The first-order chi connectivity index (χ1) is 12.1. The lowest BCUT2D eigenvalue weighted by atomic mass is 9.99. The van der Waals surface area contributed by atoms with Crippen LogP contribution in [0.5, 0.6) is 0 Å². The van der Waals surface area contributed by atoms with Crippen molar-refractivity contribution in [1.82, 2.24) is 9.61 Å². The Morgan fingerprint density at radius 1 is 1.36 bits per heavy atom. The van der Waals surface area contributed by atoms with Crippen LogP contribution >= 0.6 is 0 Å². The van der Waals surface area contributed by atoms with E-state index in [0.29, 0.717) is 16.9 Å². The van der Waals surface area contributed by atoms with Crippen LogP contribution in [0.25, 0.3) is 16.6 Å². The summed E-state index contributed by atoms with van der Waals surface area (Å²) < 4.78 is 22.9. The number of benzene rings is 1. The van der Waals surface area contributed by atoms with Crippen LogP contribution in [0.4, 0.5) is 5.82 Å². The maximum absolute atomic E-state index is 11.5. The van der Waals surface area contributed by atoms with Crippen molar-refractivity contribution in [3.05, 3.63) is 53.2 Å². The smallest absolute Gasteiger partial charge is 0.157 e. The molecule has 0 aliphatic heterocycles. The Morgan fingerprint density at radius 2 is 2.16 bits per heavy atom. The third kappa shape index (κ3) is 3.14. The normalized spacial score (nSPS) is 12.1. The first-order valence-corrected chi connectivity index (χ1v) is 9.15. The Balaban J connectivity index is 2.41. The lowest BCUT2D eigenvalue weighted by Crippen LogP contribution is -2.09. The second kappa shape index (κ2) is 7.05. The summed E-state index contributed by atoms with van der Waals surface area (Å²) in [6.45, 7) is 2.05. The third-order valence-corrected chi connectivity index (χ3v) is 4.66. The zero-order valence-corrected chi connectivity index (χ0v) is 14.8. The molecule has 0 aliphatic rings. The van der Waals surface area contributed by atoms with Crippen molar-refractivity contribution in [3.8, 4) is 17.2 Å². The average molecular weight is 354 g/mol. The van der Waals surface area contributed by atoms with Crippen LogP contribution in [0.1, 0.15) is 23.7 Å². The monoisotopic (exact) mass is 354 g/mol. The minimum absolute atomic E-state index is 0.0432. The Bertz CT molecular complexity index is 1000. The molecule has 0 saturated carbocycles. The van der Waals surface area contributed by atoms with E-state index in [1.54, 1.807) is 19.2 Å². The standard InChI is InChI=1S/C18H18N4O2S/c1-3-14-7-8-16-17(13-6-4-5-12(9-13)10-19)15(11-25(23)24)18(20-2)21-22(14)16/h4-9H,3,11H2,1-2H3,(H,20,21)(H,23,24). The van der Waals surface area contributed by atoms with Crippen LogP contribution in [-0.2, 0) is 23.3 Å². The number of hydrogen-bond donors (Lipinski definition) is 2. The minimum atomic E-state index is -2.01. The van der Waals surface area contributed by atoms with Gasteiger partial charge in [0.25, 0.3) is 0 Å². The molecule has 2 heterocycles. The molecule has 0 saturated heterocycles. The molecular formula is C18H18N4O2S. The number of nitrogens with one attached hydrogen (secondary N) is 1. The summed E-state index contributed by atoms with van der Waals surface area (Å²) in [4.78, 5) is 0. The molecule has 0 spiro atoms. The summed E-state index contributed by atoms with van der Waals surface area (Å²) >= 11 is -2.01. The molecule has 1 aromatic carbocycles. The Hall–Kier alpha value is -2.69. The zero-order valence-electron chi connectivity index (χ0n) is 14.0. The van der Waals surface area contributed by atoms with Crippen LogP contribution in [0, 0.1) is 11.3 Å². The summed E-state index contributed by atoms with van der Waals surface area (Å²) in [7, 11) is 1.74. The molecule has 0 fully saturated rings. The van der Waals surface area contributed by atoms with Gasteiger partial charge >= 0.3 is 0 Å². The molecular weight excluding hydrogens is 336 g/mol. The number of rotatable bonds is 5. The number of aromatic nitrogens is 2. The predicted octanol–water partition coefficient (Wildman–Crippen LogP) is 3.20. The average Bonchev–Trinajstić information content (AvgIpc) is 3.03. The van der Waals surface area contributed by atoms with E-state index >= 15 is 0 Å². The Morgan fingerprint density at radius 3 is 2.80 bits per heavy atom. The van der Waals surface area contributed by atoms with Gasteiger partial charge in [0.1, 0.15) is 0 Å². The van der Waals surface area contributed by atoms with Gasteiger partial charge in [-0.3, -0.25) is 0 Å². The highest BCUT2D eigenvalue weighted by atomic mass is 32.2. The van der Waals surface area contributed by atoms with Gasteiger partial charge in [-0.15, -0.1) is 5.10 Å². The van der Waals surface area contributed by atoms with Gasteiger partial charge in [-0.2, -0.15) is 5.26 Å². The van der Waals surface area contributed by atoms with Crippen molar-refractivity contribution < 1.29 is 8.76 Å². The summed E-state index contributed by atoms with van der Waals surface area (Å²) in [6.07, 6.45) is 0.813. The fourth-order valence-corrected chi connectivity index (χ4v) is 3.54. The molecule has 6 nitrogen and oxygen atoms in total. The molecule has 0 aliphatic carbocycles.